The van der Waals surface area contributed by atoms with E-state index in [0.29, 0.717) is 0 Å². The lowest BCUT2D eigenvalue weighted by Gasteiger charge is -2.38. The molecule has 1 nitrogen and oxygen atoms in total. The fourth-order valence-corrected chi connectivity index (χ4v) is 5.76. The molecule has 2 atom stereocenters. The van der Waals surface area contributed by atoms with Gasteiger partial charge in [0.25, 0.3) is 0 Å². The predicted octanol–water partition coefficient (Wildman–Crippen LogP) is 8.04. The van der Waals surface area contributed by atoms with Crippen LogP contribution < -0.4 is 4.57 Å². The summed E-state index contributed by atoms with van der Waals surface area (Å²) in [5.41, 5.74) is 10.7. The Bertz CT molecular complexity index is 1440. The SMILES string of the molecule is [2H]C(C)(C)C1c2ccccc2C(C([2H])(C)C)c2cc(-c3cc[n+](C)c(-c4ccccc4C)c3)ccc21. The topological polar surface area (TPSA) is 3.88 Å². The molecule has 0 bridgehead atoms. The Balaban J connectivity index is 1.72. The zero-order valence-electron chi connectivity index (χ0n) is 23.2. The van der Waals surface area contributed by atoms with Gasteiger partial charge in [-0.2, -0.15) is 0 Å². The van der Waals surface area contributed by atoms with Crippen LogP contribution in [0, 0.1) is 18.7 Å². The van der Waals surface area contributed by atoms with E-state index in [4.69, 9.17) is 2.74 Å². The van der Waals surface area contributed by atoms with Crippen molar-refractivity contribution in [3.05, 3.63) is 113 Å². The Kier molecular flexibility index (Phi) is 5.27. The van der Waals surface area contributed by atoms with E-state index in [1.165, 1.54) is 39.1 Å². The zero-order chi connectivity index (χ0) is 25.8. The molecule has 0 N–H and O–H groups in total. The molecular formula is C33H36N+. The molecule has 34 heavy (non-hydrogen) atoms. The van der Waals surface area contributed by atoms with Gasteiger partial charge in [-0.1, -0.05) is 88.4 Å². The normalized spacial score (nSPS) is 18.5. The molecule has 0 amide bonds. The summed E-state index contributed by atoms with van der Waals surface area (Å²) < 4.78 is 20.4. The summed E-state index contributed by atoms with van der Waals surface area (Å²) >= 11 is 0. The number of hydrogen-bond donors (Lipinski definition) is 0. The maximum Gasteiger partial charge on any atom is 0.213 e. The summed E-state index contributed by atoms with van der Waals surface area (Å²) in [5.74, 6) is -1.47. The molecule has 2 unspecified atom stereocenters. The van der Waals surface area contributed by atoms with E-state index in [1.807, 2.05) is 27.7 Å². The molecule has 0 fully saturated rings. The first-order valence-corrected chi connectivity index (χ1v) is 12.3. The van der Waals surface area contributed by atoms with Gasteiger partial charge in [0.1, 0.15) is 7.05 Å². The maximum atomic E-state index is 9.13. The third-order valence-electron chi connectivity index (χ3n) is 7.39. The van der Waals surface area contributed by atoms with E-state index in [1.54, 1.807) is 0 Å². The average Bonchev–Trinajstić information content (AvgIpc) is 2.81. The summed E-state index contributed by atoms with van der Waals surface area (Å²) in [6.07, 6.45) is 2.13. The van der Waals surface area contributed by atoms with Crippen molar-refractivity contribution in [1.82, 2.24) is 0 Å². The Morgan fingerprint density at radius 1 is 0.676 bits per heavy atom. The van der Waals surface area contributed by atoms with E-state index in [-0.39, 0.29) is 11.8 Å². The maximum absolute atomic E-state index is 9.13. The fraction of sp³-hybridized carbons (Fsp3) is 0.303. The van der Waals surface area contributed by atoms with Gasteiger partial charge in [0.2, 0.25) is 5.69 Å². The fourth-order valence-electron chi connectivity index (χ4n) is 5.76. The molecule has 0 saturated carbocycles. The summed E-state index contributed by atoms with van der Waals surface area (Å²) in [4.78, 5) is 0. The molecule has 0 radical (unpaired) electrons. The van der Waals surface area contributed by atoms with Gasteiger partial charge in [-0.25, -0.2) is 4.57 Å². The van der Waals surface area contributed by atoms with Crippen LogP contribution in [-0.4, -0.2) is 0 Å². The molecule has 4 aromatic rings. The first-order chi connectivity index (χ1) is 17.0. The minimum Gasteiger partial charge on any atom is -0.201 e. The van der Waals surface area contributed by atoms with E-state index < -0.39 is 11.8 Å². The lowest BCUT2D eigenvalue weighted by Crippen LogP contribution is -2.30. The van der Waals surface area contributed by atoms with Crippen LogP contribution in [0.25, 0.3) is 22.4 Å². The van der Waals surface area contributed by atoms with Gasteiger partial charge in [-0.05, 0) is 63.7 Å². The second-order valence-corrected chi connectivity index (χ2v) is 10.2. The van der Waals surface area contributed by atoms with Gasteiger partial charge >= 0.3 is 0 Å². The second-order valence-electron chi connectivity index (χ2n) is 10.2. The monoisotopic (exact) mass is 448 g/mol. The van der Waals surface area contributed by atoms with E-state index >= 15 is 0 Å². The lowest BCUT2D eigenvalue weighted by molar-refractivity contribution is -0.660. The highest BCUT2D eigenvalue weighted by Crippen LogP contribution is 2.49. The number of pyridine rings is 1. The number of fused-ring (bicyclic) bond motifs is 2. The molecular weight excluding hydrogens is 410 g/mol. The zero-order valence-corrected chi connectivity index (χ0v) is 21.2. The van der Waals surface area contributed by atoms with Gasteiger partial charge < -0.3 is 0 Å². The number of aromatic nitrogens is 1. The predicted molar refractivity (Wildman–Crippen MR) is 143 cm³/mol. The minimum absolute atomic E-state index is 0.0348. The van der Waals surface area contributed by atoms with Crippen LogP contribution in [0.5, 0.6) is 0 Å². The Morgan fingerprint density at radius 3 is 1.88 bits per heavy atom. The number of hydrogen-bond acceptors (Lipinski definition) is 0. The molecule has 0 spiro atoms. The van der Waals surface area contributed by atoms with Crippen LogP contribution in [0.15, 0.2) is 85.1 Å². The van der Waals surface area contributed by atoms with E-state index in [2.05, 4.69) is 104 Å². The number of rotatable bonds is 4. The molecule has 1 heterocycles. The smallest absolute Gasteiger partial charge is 0.201 e. The van der Waals surface area contributed by atoms with Crippen molar-refractivity contribution in [2.75, 3.05) is 0 Å². The molecule has 1 aliphatic carbocycles. The first kappa shape index (κ1) is 20.2. The molecule has 1 aliphatic rings. The highest BCUT2D eigenvalue weighted by Gasteiger charge is 2.35. The molecule has 1 aromatic heterocycles. The highest BCUT2D eigenvalue weighted by molar-refractivity contribution is 5.72. The Labute approximate surface area is 207 Å². The van der Waals surface area contributed by atoms with Crippen molar-refractivity contribution < 1.29 is 7.31 Å². The van der Waals surface area contributed by atoms with Crippen molar-refractivity contribution in [1.29, 1.82) is 0 Å². The molecule has 1 heteroatoms. The summed E-state index contributed by atoms with van der Waals surface area (Å²) in [6, 6.07) is 28.2. The van der Waals surface area contributed by atoms with Gasteiger partial charge in [0, 0.05) is 32.3 Å². The average molecular weight is 449 g/mol. The van der Waals surface area contributed by atoms with Gasteiger partial charge in [0.15, 0.2) is 6.20 Å². The van der Waals surface area contributed by atoms with Crippen LogP contribution in [0.2, 0.25) is 0 Å². The van der Waals surface area contributed by atoms with Crippen LogP contribution in [0.4, 0.5) is 0 Å². The summed E-state index contributed by atoms with van der Waals surface area (Å²) in [7, 11) is 2.09. The molecule has 0 aliphatic heterocycles. The number of benzene rings is 3. The van der Waals surface area contributed by atoms with Crippen molar-refractivity contribution in [3.8, 4) is 22.4 Å². The van der Waals surface area contributed by atoms with Crippen LogP contribution in [0.3, 0.4) is 0 Å². The minimum atomic E-state index is -0.698. The summed E-state index contributed by atoms with van der Waals surface area (Å²) in [5, 5.41) is 0. The third-order valence-corrected chi connectivity index (χ3v) is 7.39. The van der Waals surface area contributed by atoms with Crippen molar-refractivity contribution in [3.63, 3.8) is 0 Å². The molecule has 172 valence electrons. The van der Waals surface area contributed by atoms with Gasteiger partial charge in [0.05, 0.1) is 0 Å². The van der Waals surface area contributed by atoms with Crippen molar-refractivity contribution >= 4 is 0 Å². The Morgan fingerprint density at radius 2 is 1.24 bits per heavy atom. The van der Waals surface area contributed by atoms with Gasteiger partial charge in [-0.15, -0.1) is 0 Å². The largest absolute Gasteiger partial charge is 0.213 e. The van der Waals surface area contributed by atoms with Gasteiger partial charge in [-0.3, -0.25) is 0 Å². The van der Waals surface area contributed by atoms with Crippen molar-refractivity contribution in [2.24, 2.45) is 18.8 Å². The quantitative estimate of drug-likeness (QED) is 0.278. The Hall–Kier alpha value is -3.19. The molecule has 3 aromatic carbocycles. The highest BCUT2D eigenvalue weighted by atomic mass is 14.9. The van der Waals surface area contributed by atoms with Crippen LogP contribution in [-0.2, 0) is 7.05 Å². The van der Waals surface area contributed by atoms with Crippen LogP contribution >= 0.6 is 0 Å². The lowest BCUT2D eigenvalue weighted by atomic mass is 9.66. The molecule has 5 rings (SSSR count). The van der Waals surface area contributed by atoms with E-state index in [9.17, 15) is 0 Å². The van der Waals surface area contributed by atoms with Crippen LogP contribution in [0.1, 0.15) is 70.1 Å². The molecule has 0 saturated heterocycles. The van der Waals surface area contributed by atoms with E-state index in [0.717, 1.165) is 11.1 Å². The first-order valence-electron chi connectivity index (χ1n) is 13.3. The van der Waals surface area contributed by atoms with Crippen molar-refractivity contribution in [2.45, 2.75) is 46.5 Å². The second kappa shape index (κ2) is 8.87. The number of nitrogens with zero attached hydrogens (tertiary/aromatic N) is 1. The standard InChI is InChI=1S/C33H36N/c1-21(2)32-27-13-9-10-14-28(27)33(22(3)4)30-19-24(15-16-29(30)32)25-17-18-34(6)31(20-25)26-12-8-7-11-23(26)5/h7-22,32-33H,1-6H3/q+1/i21D,22D. The third kappa shape index (κ3) is 3.78. The number of aryl methyl sites for hydroxylation is 2. The summed E-state index contributed by atoms with van der Waals surface area (Å²) in [6.45, 7) is 10.2.